The highest BCUT2D eigenvalue weighted by Gasteiger charge is 2.44. The van der Waals surface area contributed by atoms with Crippen molar-refractivity contribution in [2.75, 3.05) is 35.7 Å². The van der Waals surface area contributed by atoms with Crippen LogP contribution >= 0.6 is 0 Å². The van der Waals surface area contributed by atoms with E-state index in [0.29, 0.717) is 34.4 Å². The third kappa shape index (κ3) is 3.36. The monoisotopic (exact) mass is 457 g/mol. The minimum absolute atomic E-state index is 0.0364. The second kappa shape index (κ2) is 7.48. The molecule has 1 saturated carbocycles. The maximum atomic E-state index is 13.5. The van der Waals surface area contributed by atoms with Gasteiger partial charge in [0, 0.05) is 42.6 Å². The van der Waals surface area contributed by atoms with Gasteiger partial charge in [-0.15, -0.1) is 0 Å². The molecule has 32 heavy (non-hydrogen) atoms. The Kier molecular flexibility index (Phi) is 4.69. The van der Waals surface area contributed by atoms with E-state index < -0.39 is 10.8 Å². The van der Waals surface area contributed by atoms with E-state index in [4.69, 9.17) is 14.5 Å². The number of aryl methyl sites for hydroxylation is 1. The number of anilines is 2. The number of hydrogen-bond acceptors (Lipinski definition) is 8. The standard InChI is InChI=1S/C22H24FN5O3S/c23-14-1-2-15-17(11-14)31-27-18(15)13-3-8-28(9-4-13)21-24-16-5-10-32(30)19(16)20(25-21)26-22(12-29)6-7-22/h1-2,11,13,29H,3-10,12H2,(H,24,25,26). The van der Waals surface area contributed by atoms with Crippen LogP contribution < -0.4 is 10.2 Å². The fourth-order valence-corrected chi connectivity index (χ4v) is 6.02. The summed E-state index contributed by atoms with van der Waals surface area (Å²) >= 11 is 0. The highest BCUT2D eigenvalue weighted by Crippen LogP contribution is 2.41. The summed E-state index contributed by atoms with van der Waals surface area (Å²) in [4.78, 5) is 12.4. The minimum Gasteiger partial charge on any atom is -0.394 e. The molecular formula is C22H24FN5O3S. The van der Waals surface area contributed by atoms with Crippen molar-refractivity contribution in [1.82, 2.24) is 15.1 Å². The maximum Gasteiger partial charge on any atom is 0.227 e. The smallest absolute Gasteiger partial charge is 0.227 e. The first kappa shape index (κ1) is 20.0. The number of halogens is 1. The third-order valence-corrected chi connectivity index (χ3v) is 8.30. The zero-order valence-electron chi connectivity index (χ0n) is 17.5. The molecule has 3 aromatic rings. The third-order valence-electron chi connectivity index (χ3n) is 6.84. The van der Waals surface area contributed by atoms with Crippen LogP contribution in [0.4, 0.5) is 16.2 Å². The minimum atomic E-state index is -1.11. The Morgan fingerprint density at radius 3 is 2.84 bits per heavy atom. The van der Waals surface area contributed by atoms with Crippen molar-refractivity contribution >= 4 is 33.5 Å². The molecule has 0 amide bonds. The molecule has 1 aliphatic carbocycles. The van der Waals surface area contributed by atoms with Crippen LogP contribution in [0, 0.1) is 5.82 Å². The van der Waals surface area contributed by atoms with Crippen LogP contribution in [0.3, 0.4) is 0 Å². The SMILES string of the molecule is O=S1CCc2nc(N3CCC(c4noc5cc(F)ccc45)CC3)nc(NC3(CO)CC3)c21. The van der Waals surface area contributed by atoms with E-state index in [0.717, 1.165) is 55.5 Å². The molecule has 1 unspecified atom stereocenters. The number of nitrogens with zero attached hydrogens (tertiary/aromatic N) is 4. The second-order valence-electron chi connectivity index (χ2n) is 8.98. The van der Waals surface area contributed by atoms with E-state index in [1.807, 2.05) is 0 Å². The average Bonchev–Trinajstić information content (AvgIpc) is 3.29. The summed E-state index contributed by atoms with van der Waals surface area (Å²) in [6.07, 6.45) is 4.15. The summed E-state index contributed by atoms with van der Waals surface area (Å²) in [5.41, 5.74) is 1.86. The topological polar surface area (TPSA) is 104 Å². The maximum absolute atomic E-state index is 13.5. The quantitative estimate of drug-likeness (QED) is 0.603. The van der Waals surface area contributed by atoms with Gasteiger partial charge >= 0.3 is 0 Å². The Labute approximate surface area is 186 Å². The van der Waals surface area contributed by atoms with Gasteiger partial charge in [-0.05, 0) is 37.8 Å². The van der Waals surface area contributed by atoms with Crippen LogP contribution in [0.1, 0.15) is 43.0 Å². The van der Waals surface area contributed by atoms with Crippen LogP contribution in [0.15, 0.2) is 27.6 Å². The predicted molar refractivity (Wildman–Crippen MR) is 118 cm³/mol. The molecule has 3 aliphatic rings. The highest BCUT2D eigenvalue weighted by molar-refractivity contribution is 7.85. The zero-order chi connectivity index (χ0) is 21.9. The van der Waals surface area contributed by atoms with E-state index in [2.05, 4.69) is 15.4 Å². The number of rotatable bonds is 5. The van der Waals surface area contributed by atoms with Gasteiger partial charge in [-0.1, -0.05) is 5.16 Å². The lowest BCUT2D eigenvalue weighted by atomic mass is 9.92. The number of hydrogen-bond donors (Lipinski definition) is 2. The Morgan fingerprint density at radius 2 is 2.09 bits per heavy atom. The van der Waals surface area contributed by atoms with Crippen LogP contribution in [-0.2, 0) is 17.2 Å². The van der Waals surface area contributed by atoms with Gasteiger partial charge in [-0.2, -0.15) is 4.98 Å². The molecule has 168 valence electrons. The van der Waals surface area contributed by atoms with E-state index in [1.165, 1.54) is 12.1 Å². The summed E-state index contributed by atoms with van der Waals surface area (Å²) in [7, 11) is -1.11. The largest absolute Gasteiger partial charge is 0.394 e. The molecule has 1 saturated heterocycles. The molecule has 2 fully saturated rings. The van der Waals surface area contributed by atoms with Gasteiger partial charge in [0.2, 0.25) is 5.95 Å². The number of aliphatic hydroxyl groups is 1. The molecule has 0 radical (unpaired) electrons. The molecular weight excluding hydrogens is 433 g/mol. The van der Waals surface area contributed by atoms with Gasteiger partial charge in [-0.25, -0.2) is 9.37 Å². The lowest BCUT2D eigenvalue weighted by molar-refractivity contribution is 0.265. The molecule has 0 bridgehead atoms. The Hall–Kier alpha value is -2.59. The van der Waals surface area contributed by atoms with Gasteiger partial charge < -0.3 is 19.8 Å². The Balaban J connectivity index is 1.24. The van der Waals surface area contributed by atoms with Gasteiger partial charge in [0.25, 0.3) is 0 Å². The van der Waals surface area contributed by atoms with Crippen LogP contribution in [0.2, 0.25) is 0 Å². The van der Waals surface area contributed by atoms with Crippen molar-refractivity contribution in [3.8, 4) is 0 Å². The summed E-state index contributed by atoms with van der Waals surface area (Å²) in [6, 6.07) is 4.55. The Bertz CT molecular complexity index is 1220. The molecule has 1 aromatic carbocycles. The summed E-state index contributed by atoms with van der Waals surface area (Å²) in [5, 5.41) is 18.2. The fourth-order valence-electron chi connectivity index (χ4n) is 4.71. The summed E-state index contributed by atoms with van der Waals surface area (Å²) in [5.74, 6) is 1.71. The normalized spacial score (nSPS) is 22.3. The van der Waals surface area contributed by atoms with E-state index in [9.17, 15) is 13.7 Å². The lowest BCUT2D eigenvalue weighted by Gasteiger charge is -2.32. The van der Waals surface area contributed by atoms with Gasteiger partial charge in [0.05, 0.1) is 34.3 Å². The van der Waals surface area contributed by atoms with Crippen LogP contribution in [0.25, 0.3) is 11.0 Å². The van der Waals surface area contributed by atoms with Crippen molar-refractivity contribution in [1.29, 1.82) is 0 Å². The fraction of sp³-hybridized carbons (Fsp3) is 0.500. The van der Waals surface area contributed by atoms with Crippen molar-refractivity contribution in [2.24, 2.45) is 0 Å². The molecule has 10 heteroatoms. The Morgan fingerprint density at radius 1 is 1.28 bits per heavy atom. The van der Waals surface area contributed by atoms with Gasteiger partial charge in [-0.3, -0.25) is 4.21 Å². The second-order valence-corrected chi connectivity index (χ2v) is 10.5. The van der Waals surface area contributed by atoms with Crippen molar-refractivity contribution in [2.45, 2.75) is 48.5 Å². The molecule has 0 spiro atoms. The first-order valence-corrected chi connectivity index (χ1v) is 12.4. The number of fused-ring (bicyclic) bond motifs is 2. The predicted octanol–water partition coefficient (Wildman–Crippen LogP) is 2.74. The molecule has 1 atom stereocenters. The lowest BCUT2D eigenvalue weighted by Crippen LogP contribution is -2.35. The molecule has 8 nitrogen and oxygen atoms in total. The van der Waals surface area contributed by atoms with Gasteiger partial charge in [0.1, 0.15) is 16.5 Å². The molecule has 4 heterocycles. The van der Waals surface area contributed by atoms with Crippen LogP contribution in [-0.4, -0.2) is 55.4 Å². The molecule has 6 rings (SSSR count). The summed E-state index contributed by atoms with van der Waals surface area (Å²) < 4.78 is 31.4. The number of aromatic nitrogens is 3. The number of benzene rings is 1. The molecule has 2 N–H and O–H groups in total. The first-order chi connectivity index (χ1) is 15.5. The van der Waals surface area contributed by atoms with Crippen molar-refractivity contribution in [3.63, 3.8) is 0 Å². The number of nitrogens with one attached hydrogen (secondary N) is 1. The number of aliphatic hydroxyl groups excluding tert-OH is 1. The first-order valence-electron chi connectivity index (χ1n) is 11.0. The highest BCUT2D eigenvalue weighted by atomic mass is 32.2. The zero-order valence-corrected chi connectivity index (χ0v) is 18.3. The summed E-state index contributed by atoms with van der Waals surface area (Å²) in [6.45, 7) is 1.55. The van der Waals surface area contributed by atoms with Crippen molar-refractivity contribution < 1.29 is 18.2 Å². The van der Waals surface area contributed by atoms with E-state index in [1.54, 1.807) is 6.07 Å². The number of piperidine rings is 1. The molecule has 2 aromatic heterocycles. The van der Waals surface area contributed by atoms with E-state index >= 15 is 0 Å². The molecule has 2 aliphatic heterocycles. The van der Waals surface area contributed by atoms with Crippen molar-refractivity contribution in [3.05, 3.63) is 35.4 Å². The van der Waals surface area contributed by atoms with Gasteiger partial charge in [0.15, 0.2) is 5.58 Å². The van der Waals surface area contributed by atoms with E-state index in [-0.39, 0.29) is 23.9 Å². The van der Waals surface area contributed by atoms with Crippen LogP contribution in [0.5, 0.6) is 0 Å². The average molecular weight is 458 g/mol.